The van der Waals surface area contributed by atoms with Crippen molar-refractivity contribution in [1.82, 2.24) is 15.2 Å². The van der Waals surface area contributed by atoms with E-state index in [0.29, 0.717) is 18.9 Å². The molecular weight excluding hydrogens is 338 g/mol. The van der Waals surface area contributed by atoms with Gasteiger partial charge in [-0.05, 0) is 44.1 Å². The van der Waals surface area contributed by atoms with Crippen LogP contribution in [0.1, 0.15) is 23.3 Å². The zero-order chi connectivity index (χ0) is 17.2. The largest absolute Gasteiger partial charge is 0.486 e. The van der Waals surface area contributed by atoms with E-state index in [4.69, 9.17) is 9.47 Å². The summed E-state index contributed by atoms with van der Waals surface area (Å²) in [7, 11) is 1.88. The van der Waals surface area contributed by atoms with Crippen molar-refractivity contribution < 1.29 is 14.3 Å². The molecule has 2 aliphatic rings. The molecule has 0 bridgehead atoms. The molecular formula is C18H21N3O3S. The fourth-order valence-electron chi connectivity index (χ4n) is 3.22. The summed E-state index contributed by atoms with van der Waals surface area (Å²) in [5, 5.41) is 5.98. The van der Waals surface area contributed by atoms with Crippen LogP contribution < -0.4 is 14.8 Å². The predicted molar refractivity (Wildman–Crippen MR) is 96.5 cm³/mol. The Bertz CT molecular complexity index is 771. The van der Waals surface area contributed by atoms with Crippen molar-refractivity contribution in [2.24, 2.45) is 0 Å². The number of carbonyl (C=O) groups is 1. The predicted octanol–water partition coefficient (Wildman–Crippen LogP) is 2.41. The van der Waals surface area contributed by atoms with Gasteiger partial charge in [-0.1, -0.05) is 0 Å². The van der Waals surface area contributed by atoms with Gasteiger partial charge < -0.3 is 19.7 Å². The van der Waals surface area contributed by atoms with Crippen molar-refractivity contribution in [3.63, 3.8) is 0 Å². The van der Waals surface area contributed by atoms with Crippen LogP contribution in [0.4, 0.5) is 0 Å². The second kappa shape index (κ2) is 7.01. The van der Waals surface area contributed by atoms with Crippen molar-refractivity contribution in [3.05, 3.63) is 29.3 Å². The summed E-state index contributed by atoms with van der Waals surface area (Å²) in [6.07, 6.45) is 1.97. The van der Waals surface area contributed by atoms with Crippen LogP contribution in [0.5, 0.6) is 11.5 Å². The molecule has 1 saturated heterocycles. The molecule has 0 radical (unpaired) electrons. The number of piperidine rings is 1. The Kier molecular flexibility index (Phi) is 4.59. The molecule has 4 rings (SSSR count). The summed E-state index contributed by atoms with van der Waals surface area (Å²) in [4.78, 5) is 19.1. The fourth-order valence-corrected chi connectivity index (χ4v) is 4.01. The lowest BCUT2D eigenvalue weighted by Crippen LogP contribution is -2.44. The third kappa shape index (κ3) is 3.34. The Labute approximate surface area is 150 Å². The smallest absolute Gasteiger partial charge is 0.273 e. The van der Waals surface area contributed by atoms with E-state index in [9.17, 15) is 4.79 Å². The van der Waals surface area contributed by atoms with Crippen molar-refractivity contribution in [2.45, 2.75) is 18.9 Å². The number of benzene rings is 1. The first-order valence-corrected chi connectivity index (χ1v) is 9.44. The van der Waals surface area contributed by atoms with Crippen LogP contribution >= 0.6 is 11.3 Å². The first-order chi connectivity index (χ1) is 12.2. The Hall–Kier alpha value is -2.12. The average molecular weight is 359 g/mol. The van der Waals surface area contributed by atoms with Gasteiger partial charge in [-0.15, -0.1) is 11.3 Å². The maximum atomic E-state index is 12.7. The summed E-state index contributed by atoms with van der Waals surface area (Å²) < 4.78 is 11.2. The van der Waals surface area contributed by atoms with Gasteiger partial charge in [0.05, 0.1) is 0 Å². The number of hydrogen-bond donors (Lipinski definition) is 1. The van der Waals surface area contributed by atoms with E-state index >= 15 is 0 Å². The van der Waals surface area contributed by atoms with E-state index < -0.39 is 0 Å². The fraction of sp³-hybridized carbons (Fsp3) is 0.444. The zero-order valence-corrected chi connectivity index (χ0v) is 15.0. The van der Waals surface area contributed by atoms with Gasteiger partial charge in [0.15, 0.2) is 11.5 Å². The van der Waals surface area contributed by atoms with Crippen molar-refractivity contribution in [2.75, 3.05) is 33.4 Å². The number of aromatic nitrogens is 1. The number of hydrogen-bond acceptors (Lipinski definition) is 6. The van der Waals surface area contributed by atoms with Gasteiger partial charge in [0.1, 0.15) is 23.9 Å². The maximum absolute atomic E-state index is 12.7. The monoisotopic (exact) mass is 359 g/mol. The molecule has 2 aromatic rings. The molecule has 0 unspecified atom stereocenters. The molecule has 1 aromatic heterocycles. The molecule has 25 heavy (non-hydrogen) atoms. The van der Waals surface area contributed by atoms with Crippen LogP contribution in [-0.4, -0.2) is 55.2 Å². The lowest BCUT2D eigenvalue weighted by Gasteiger charge is -2.31. The number of amides is 1. The minimum atomic E-state index is -0.00746. The summed E-state index contributed by atoms with van der Waals surface area (Å²) >= 11 is 1.48. The van der Waals surface area contributed by atoms with E-state index in [-0.39, 0.29) is 11.9 Å². The van der Waals surface area contributed by atoms with Crippen molar-refractivity contribution >= 4 is 17.2 Å². The molecule has 0 saturated carbocycles. The van der Waals surface area contributed by atoms with Crippen molar-refractivity contribution in [1.29, 1.82) is 0 Å². The molecule has 1 fully saturated rings. The topological polar surface area (TPSA) is 63.7 Å². The number of nitrogens with zero attached hydrogens (tertiary/aromatic N) is 2. The third-order valence-electron chi connectivity index (χ3n) is 4.69. The van der Waals surface area contributed by atoms with Crippen LogP contribution in [0.15, 0.2) is 23.6 Å². The number of rotatable bonds is 3. The second-order valence-corrected chi connectivity index (χ2v) is 7.15. The Morgan fingerprint density at radius 3 is 2.80 bits per heavy atom. The quantitative estimate of drug-likeness (QED) is 0.912. The summed E-state index contributed by atoms with van der Waals surface area (Å²) in [5.74, 6) is 1.49. The molecule has 132 valence electrons. The molecule has 2 aliphatic heterocycles. The molecule has 0 atom stereocenters. The van der Waals surface area contributed by atoms with Gasteiger partial charge in [0.2, 0.25) is 0 Å². The average Bonchev–Trinajstić information content (AvgIpc) is 3.17. The van der Waals surface area contributed by atoms with Gasteiger partial charge in [0, 0.05) is 24.0 Å². The van der Waals surface area contributed by atoms with Gasteiger partial charge in [-0.2, -0.15) is 0 Å². The standard InChI is InChI=1S/C18H21N3O3S/c1-21(13-4-6-19-7-5-13)18(22)14-11-25-17(20-14)12-2-3-15-16(10-12)24-9-8-23-15/h2-3,10-11,13,19H,4-9H2,1H3. The van der Waals surface area contributed by atoms with Gasteiger partial charge in [-0.25, -0.2) is 4.98 Å². The SMILES string of the molecule is CN(C(=O)c1csc(-c2ccc3c(c2)OCCO3)n1)C1CCNCC1. The molecule has 1 N–H and O–H groups in total. The highest BCUT2D eigenvalue weighted by atomic mass is 32.1. The first-order valence-electron chi connectivity index (χ1n) is 8.56. The van der Waals surface area contributed by atoms with E-state index in [1.807, 2.05) is 35.5 Å². The molecule has 7 heteroatoms. The molecule has 0 aliphatic carbocycles. The van der Waals surface area contributed by atoms with Crippen molar-refractivity contribution in [3.8, 4) is 22.1 Å². The summed E-state index contributed by atoms with van der Waals surface area (Å²) in [6, 6.07) is 6.07. The number of nitrogens with one attached hydrogen (secondary N) is 1. The number of ether oxygens (including phenoxy) is 2. The van der Waals surface area contributed by atoms with Crippen LogP contribution in [0.25, 0.3) is 10.6 Å². The lowest BCUT2D eigenvalue weighted by atomic mass is 10.1. The van der Waals surface area contributed by atoms with Crippen LogP contribution in [0.2, 0.25) is 0 Å². The number of fused-ring (bicyclic) bond motifs is 1. The summed E-state index contributed by atoms with van der Waals surface area (Å²) in [5.41, 5.74) is 1.45. The second-order valence-electron chi connectivity index (χ2n) is 6.29. The summed E-state index contributed by atoms with van der Waals surface area (Å²) in [6.45, 7) is 3.05. The normalized spacial score (nSPS) is 17.3. The highest BCUT2D eigenvalue weighted by Gasteiger charge is 2.24. The lowest BCUT2D eigenvalue weighted by molar-refractivity contribution is 0.0698. The third-order valence-corrected chi connectivity index (χ3v) is 5.58. The van der Waals surface area contributed by atoms with E-state index in [2.05, 4.69) is 10.3 Å². The number of carbonyl (C=O) groups excluding carboxylic acids is 1. The molecule has 3 heterocycles. The van der Waals surface area contributed by atoms with Crippen LogP contribution in [0.3, 0.4) is 0 Å². The Morgan fingerprint density at radius 2 is 2.00 bits per heavy atom. The minimum Gasteiger partial charge on any atom is -0.486 e. The van der Waals surface area contributed by atoms with Gasteiger partial charge >= 0.3 is 0 Å². The van der Waals surface area contributed by atoms with Crippen LogP contribution in [0, 0.1) is 0 Å². The van der Waals surface area contributed by atoms with E-state index in [1.165, 1.54) is 11.3 Å². The van der Waals surface area contributed by atoms with E-state index in [0.717, 1.165) is 48.0 Å². The van der Waals surface area contributed by atoms with Crippen LogP contribution in [-0.2, 0) is 0 Å². The minimum absolute atomic E-state index is 0.00746. The zero-order valence-electron chi connectivity index (χ0n) is 14.2. The molecule has 1 amide bonds. The molecule has 6 nitrogen and oxygen atoms in total. The maximum Gasteiger partial charge on any atom is 0.273 e. The van der Waals surface area contributed by atoms with Gasteiger partial charge in [0.25, 0.3) is 5.91 Å². The molecule has 1 aromatic carbocycles. The highest BCUT2D eigenvalue weighted by Crippen LogP contribution is 2.35. The Morgan fingerprint density at radius 1 is 1.24 bits per heavy atom. The molecule has 0 spiro atoms. The highest BCUT2D eigenvalue weighted by molar-refractivity contribution is 7.13. The van der Waals surface area contributed by atoms with E-state index in [1.54, 1.807) is 0 Å². The first kappa shape index (κ1) is 16.4. The van der Waals surface area contributed by atoms with Gasteiger partial charge in [-0.3, -0.25) is 4.79 Å². The Balaban J connectivity index is 1.52. The number of thiazole rings is 1.